The molecule has 0 radical (unpaired) electrons. The first-order valence-corrected chi connectivity index (χ1v) is 8.37. The molecular weight excluding hydrogens is 369 g/mol. The van der Waals surface area contributed by atoms with Gasteiger partial charge in [-0.15, -0.1) is 0 Å². The van der Waals surface area contributed by atoms with Crippen molar-refractivity contribution in [3.8, 4) is 5.75 Å². The van der Waals surface area contributed by atoms with Gasteiger partial charge in [0.1, 0.15) is 12.4 Å². The van der Waals surface area contributed by atoms with Gasteiger partial charge in [-0.1, -0.05) is 36.2 Å². The summed E-state index contributed by atoms with van der Waals surface area (Å²) in [4.78, 5) is 12.1. The monoisotopic (exact) mass is 386 g/mol. The van der Waals surface area contributed by atoms with Crippen LogP contribution in [0.25, 0.3) is 0 Å². The van der Waals surface area contributed by atoms with Crippen LogP contribution in [0.4, 0.5) is 13.2 Å². The summed E-state index contributed by atoms with van der Waals surface area (Å²) >= 11 is 6.12. The van der Waals surface area contributed by atoms with Crippen LogP contribution in [-0.2, 0) is 17.5 Å². The summed E-state index contributed by atoms with van der Waals surface area (Å²) in [5, 5.41) is 0.219. The number of rotatable bonds is 6. The molecule has 2 rings (SSSR count). The molecule has 0 spiro atoms. The molecule has 0 aliphatic carbocycles. The molecule has 0 bridgehead atoms. The van der Waals surface area contributed by atoms with E-state index in [9.17, 15) is 18.0 Å². The van der Waals surface area contributed by atoms with E-state index in [2.05, 4.69) is 0 Å². The highest BCUT2D eigenvalue weighted by atomic mass is 35.5. The van der Waals surface area contributed by atoms with Crippen molar-refractivity contribution in [3.05, 3.63) is 63.7 Å². The summed E-state index contributed by atoms with van der Waals surface area (Å²) in [6.07, 6.45) is -3.90. The summed E-state index contributed by atoms with van der Waals surface area (Å²) in [5.41, 5.74) is 0.0431. The molecule has 0 aliphatic rings. The Balaban J connectivity index is 2.29. The van der Waals surface area contributed by atoms with Gasteiger partial charge in [-0.2, -0.15) is 13.2 Å². The number of carbonyl (C=O) groups excluding carboxylic acids is 1. The maximum Gasteiger partial charge on any atom is 0.419 e. The van der Waals surface area contributed by atoms with E-state index < -0.39 is 17.7 Å². The Labute approximate surface area is 154 Å². The molecule has 2 aromatic carbocycles. The van der Waals surface area contributed by atoms with Gasteiger partial charge in [0.2, 0.25) is 0 Å². The van der Waals surface area contributed by atoms with Crippen molar-refractivity contribution < 1.29 is 27.4 Å². The van der Waals surface area contributed by atoms with Gasteiger partial charge in [0.05, 0.1) is 17.7 Å². The predicted molar refractivity (Wildman–Crippen MR) is 92.5 cm³/mol. The van der Waals surface area contributed by atoms with Gasteiger partial charge >= 0.3 is 12.1 Å². The molecular formula is C19H18ClF3O3. The Bertz CT molecular complexity index is 788. The molecule has 2 aromatic rings. The topological polar surface area (TPSA) is 35.5 Å². The Morgan fingerprint density at radius 1 is 1.19 bits per heavy atom. The fraction of sp³-hybridized carbons (Fsp3) is 0.316. The van der Waals surface area contributed by atoms with E-state index in [1.165, 1.54) is 24.3 Å². The summed E-state index contributed by atoms with van der Waals surface area (Å²) in [5.74, 6) is -0.913. The second-order valence-corrected chi connectivity index (χ2v) is 6.10. The molecule has 0 N–H and O–H groups in total. The van der Waals surface area contributed by atoms with Crippen LogP contribution in [0.2, 0.25) is 5.02 Å². The molecule has 0 atom stereocenters. The van der Waals surface area contributed by atoms with Crippen molar-refractivity contribution in [1.29, 1.82) is 0 Å². The van der Waals surface area contributed by atoms with Crippen molar-refractivity contribution >= 4 is 17.6 Å². The minimum Gasteiger partial charge on any atom is -0.488 e. The summed E-state index contributed by atoms with van der Waals surface area (Å²) in [6, 6.07) is 8.40. The molecule has 0 saturated carbocycles. The Kier molecular flexibility index (Phi) is 6.53. The fourth-order valence-electron chi connectivity index (χ4n) is 2.31. The van der Waals surface area contributed by atoms with Crippen LogP contribution in [0.5, 0.6) is 5.75 Å². The lowest BCUT2D eigenvalue weighted by atomic mass is 10.1. The van der Waals surface area contributed by atoms with Gasteiger partial charge in [-0.25, -0.2) is 4.79 Å². The van der Waals surface area contributed by atoms with Crippen molar-refractivity contribution in [2.24, 2.45) is 0 Å². The molecule has 140 valence electrons. The van der Waals surface area contributed by atoms with E-state index in [0.29, 0.717) is 12.0 Å². The number of ether oxygens (including phenoxy) is 2. The number of hydrogen-bond donors (Lipinski definition) is 0. The molecule has 0 aliphatic heterocycles. The molecule has 0 unspecified atom stereocenters. The normalized spacial score (nSPS) is 11.3. The average molecular weight is 387 g/mol. The van der Waals surface area contributed by atoms with Crippen LogP contribution < -0.4 is 4.74 Å². The summed E-state index contributed by atoms with van der Waals surface area (Å²) in [7, 11) is 0. The fourth-order valence-corrected chi connectivity index (χ4v) is 2.54. The van der Waals surface area contributed by atoms with E-state index in [4.69, 9.17) is 21.1 Å². The Morgan fingerprint density at radius 2 is 1.92 bits per heavy atom. The zero-order valence-electron chi connectivity index (χ0n) is 14.3. The third kappa shape index (κ3) is 4.91. The summed E-state index contributed by atoms with van der Waals surface area (Å²) < 4.78 is 50.1. The van der Waals surface area contributed by atoms with E-state index in [-0.39, 0.29) is 35.1 Å². The molecule has 0 aromatic heterocycles. The molecule has 0 saturated heterocycles. The van der Waals surface area contributed by atoms with Crippen LogP contribution in [0.15, 0.2) is 36.4 Å². The Hall–Kier alpha value is -2.21. The predicted octanol–water partition coefficient (Wildman–Crippen LogP) is 5.81. The van der Waals surface area contributed by atoms with Gasteiger partial charge in [-0.05, 0) is 37.6 Å². The standard InChI is InChI=1S/C19H18ClF3O3/c1-3-9-25-18(24)13-5-4-6-16(20)14(13)11-26-17-8-7-12(2)10-15(17)19(21,22)23/h4-8,10H,3,9,11H2,1-2H3. The molecule has 0 amide bonds. The first-order chi connectivity index (χ1) is 12.2. The largest absolute Gasteiger partial charge is 0.488 e. The number of halogens is 4. The van der Waals surface area contributed by atoms with Gasteiger partial charge in [-0.3, -0.25) is 0 Å². The van der Waals surface area contributed by atoms with Crippen LogP contribution in [0, 0.1) is 6.92 Å². The number of carbonyl (C=O) groups is 1. The van der Waals surface area contributed by atoms with Crippen molar-refractivity contribution in [2.45, 2.75) is 33.1 Å². The highest BCUT2D eigenvalue weighted by molar-refractivity contribution is 6.31. The third-order valence-electron chi connectivity index (χ3n) is 3.59. The van der Waals surface area contributed by atoms with Crippen LogP contribution in [0.1, 0.15) is 40.4 Å². The van der Waals surface area contributed by atoms with Gasteiger partial charge in [0, 0.05) is 10.6 Å². The van der Waals surface area contributed by atoms with Crippen molar-refractivity contribution in [3.63, 3.8) is 0 Å². The minimum absolute atomic E-state index is 0.173. The smallest absolute Gasteiger partial charge is 0.419 e. The molecule has 7 heteroatoms. The lowest BCUT2D eigenvalue weighted by Crippen LogP contribution is -2.13. The average Bonchev–Trinajstić information content (AvgIpc) is 2.58. The van der Waals surface area contributed by atoms with Crippen molar-refractivity contribution in [2.75, 3.05) is 6.61 Å². The highest BCUT2D eigenvalue weighted by Gasteiger charge is 2.34. The maximum atomic E-state index is 13.2. The van der Waals surface area contributed by atoms with E-state index in [1.807, 2.05) is 6.92 Å². The summed E-state index contributed by atoms with van der Waals surface area (Å²) in [6.45, 7) is 3.37. The first-order valence-electron chi connectivity index (χ1n) is 7.99. The molecule has 0 heterocycles. The van der Waals surface area contributed by atoms with Crippen LogP contribution in [-0.4, -0.2) is 12.6 Å². The van der Waals surface area contributed by atoms with Crippen LogP contribution >= 0.6 is 11.6 Å². The zero-order chi connectivity index (χ0) is 19.3. The second kappa shape index (κ2) is 8.45. The lowest BCUT2D eigenvalue weighted by molar-refractivity contribution is -0.139. The van der Waals surface area contributed by atoms with Gasteiger partial charge < -0.3 is 9.47 Å². The number of aryl methyl sites for hydroxylation is 1. The number of benzene rings is 2. The third-order valence-corrected chi connectivity index (χ3v) is 3.94. The number of esters is 1. The maximum absolute atomic E-state index is 13.2. The molecule has 0 fully saturated rings. The highest BCUT2D eigenvalue weighted by Crippen LogP contribution is 2.37. The minimum atomic E-state index is -4.55. The quantitative estimate of drug-likeness (QED) is 0.587. The molecule has 3 nitrogen and oxygen atoms in total. The first kappa shape index (κ1) is 20.1. The van der Waals surface area contributed by atoms with Gasteiger partial charge in [0.15, 0.2) is 0 Å². The van der Waals surface area contributed by atoms with Crippen molar-refractivity contribution in [1.82, 2.24) is 0 Å². The Morgan fingerprint density at radius 3 is 2.58 bits per heavy atom. The molecule has 26 heavy (non-hydrogen) atoms. The van der Waals surface area contributed by atoms with Crippen LogP contribution in [0.3, 0.4) is 0 Å². The second-order valence-electron chi connectivity index (χ2n) is 5.69. The lowest BCUT2D eigenvalue weighted by Gasteiger charge is -2.16. The van der Waals surface area contributed by atoms with E-state index in [1.54, 1.807) is 13.0 Å². The number of hydrogen-bond acceptors (Lipinski definition) is 3. The van der Waals surface area contributed by atoms with Gasteiger partial charge in [0.25, 0.3) is 0 Å². The SMILES string of the molecule is CCCOC(=O)c1cccc(Cl)c1COc1ccc(C)cc1C(F)(F)F. The van der Waals surface area contributed by atoms with E-state index >= 15 is 0 Å². The van der Waals surface area contributed by atoms with E-state index in [0.717, 1.165) is 6.07 Å². The zero-order valence-corrected chi connectivity index (χ0v) is 15.1. The number of alkyl halides is 3.